The first-order valence-electron chi connectivity index (χ1n) is 6.38. The van der Waals surface area contributed by atoms with Crippen LogP contribution in [0.4, 0.5) is 18.9 Å². The summed E-state index contributed by atoms with van der Waals surface area (Å²) in [5, 5.41) is 8.13. The average Bonchev–Trinajstić information content (AvgIpc) is 2.83. The molecule has 0 amide bonds. The Kier molecular flexibility index (Phi) is 4.34. The Morgan fingerprint density at radius 3 is 2.45 bits per heavy atom. The lowest BCUT2D eigenvalue weighted by Gasteiger charge is -2.07. The number of aromatic amines is 1. The van der Waals surface area contributed by atoms with Crippen molar-refractivity contribution in [1.29, 1.82) is 0 Å². The molecular formula is C13H15F3N6. The van der Waals surface area contributed by atoms with Crippen LogP contribution in [0.5, 0.6) is 0 Å². The number of aryl methyl sites for hydroxylation is 2. The number of nitrogens with zero attached hydrogens (tertiary/aromatic N) is 3. The zero-order valence-corrected chi connectivity index (χ0v) is 12.0. The van der Waals surface area contributed by atoms with Gasteiger partial charge in [0.2, 0.25) is 0 Å². The van der Waals surface area contributed by atoms with Crippen molar-refractivity contribution in [3.05, 3.63) is 41.0 Å². The van der Waals surface area contributed by atoms with Crippen LogP contribution in [0.3, 0.4) is 0 Å². The number of guanidine groups is 1. The molecular weight excluding hydrogens is 297 g/mol. The number of nitrogens with one attached hydrogen (secondary N) is 2. The van der Waals surface area contributed by atoms with Crippen molar-refractivity contribution in [3.63, 3.8) is 0 Å². The maximum Gasteiger partial charge on any atom is 0.453 e. The molecule has 0 saturated heterocycles. The minimum atomic E-state index is -4.58. The summed E-state index contributed by atoms with van der Waals surface area (Å²) in [7, 11) is 0. The van der Waals surface area contributed by atoms with E-state index >= 15 is 0 Å². The van der Waals surface area contributed by atoms with Crippen molar-refractivity contribution >= 4 is 11.6 Å². The molecule has 0 aliphatic carbocycles. The molecule has 0 unspecified atom stereocenters. The molecule has 6 nitrogen and oxygen atoms in total. The SMILES string of the molecule is Cc1cc(C)cc(NC(N)=NCc2nc(C(F)(F)F)n[nH]2)c1. The van der Waals surface area contributed by atoms with Crippen molar-refractivity contribution in [2.45, 2.75) is 26.6 Å². The molecule has 1 aromatic heterocycles. The Morgan fingerprint density at radius 1 is 1.27 bits per heavy atom. The van der Waals surface area contributed by atoms with E-state index in [1.807, 2.05) is 32.0 Å². The number of aromatic nitrogens is 3. The second-order valence-electron chi connectivity index (χ2n) is 4.81. The van der Waals surface area contributed by atoms with E-state index in [0.29, 0.717) is 0 Å². The Hall–Kier alpha value is -2.58. The van der Waals surface area contributed by atoms with Crippen molar-refractivity contribution in [2.75, 3.05) is 5.32 Å². The summed E-state index contributed by atoms with van der Waals surface area (Å²) >= 11 is 0. The summed E-state index contributed by atoms with van der Waals surface area (Å²) in [6.45, 7) is 3.75. The lowest BCUT2D eigenvalue weighted by atomic mass is 10.1. The lowest BCUT2D eigenvalue weighted by Crippen LogP contribution is -2.22. The molecule has 9 heteroatoms. The number of H-pyrrole nitrogens is 1. The summed E-state index contributed by atoms with van der Waals surface area (Å²) in [6, 6.07) is 5.77. The van der Waals surface area contributed by atoms with Crippen LogP contribution in [-0.2, 0) is 12.7 Å². The number of hydrogen-bond donors (Lipinski definition) is 3. The minimum Gasteiger partial charge on any atom is -0.370 e. The van der Waals surface area contributed by atoms with Crippen LogP contribution in [-0.4, -0.2) is 21.1 Å². The van der Waals surface area contributed by atoms with E-state index in [9.17, 15) is 13.2 Å². The zero-order valence-electron chi connectivity index (χ0n) is 12.0. The van der Waals surface area contributed by atoms with E-state index in [4.69, 9.17) is 5.73 Å². The lowest BCUT2D eigenvalue weighted by molar-refractivity contribution is -0.144. The summed E-state index contributed by atoms with van der Waals surface area (Å²) in [5.74, 6) is -1.16. The van der Waals surface area contributed by atoms with Gasteiger partial charge in [0.05, 0.1) is 0 Å². The molecule has 22 heavy (non-hydrogen) atoms. The first-order valence-corrected chi connectivity index (χ1v) is 6.38. The summed E-state index contributed by atoms with van der Waals surface area (Å²) in [4.78, 5) is 7.23. The van der Waals surface area contributed by atoms with Gasteiger partial charge in [-0.2, -0.15) is 13.2 Å². The molecule has 1 heterocycles. The number of rotatable bonds is 3. The van der Waals surface area contributed by atoms with E-state index in [1.54, 1.807) is 0 Å². The average molecular weight is 312 g/mol. The molecule has 0 aliphatic rings. The largest absolute Gasteiger partial charge is 0.453 e. The van der Waals surface area contributed by atoms with Gasteiger partial charge in [-0.15, -0.1) is 5.10 Å². The molecule has 0 saturated carbocycles. The normalized spacial score (nSPS) is 12.5. The van der Waals surface area contributed by atoms with Crippen LogP contribution in [0.25, 0.3) is 0 Å². The highest BCUT2D eigenvalue weighted by Crippen LogP contribution is 2.25. The number of halogens is 3. The van der Waals surface area contributed by atoms with Gasteiger partial charge in [0.1, 0.15) is 12.4 Å². The van der Waals surface area contributed by atoms with Crippen LogP contribution >= 0.6 is 0 Å². The smallest absolute Gasteiger partial charge is 0.370 e. The topological polar surface area (TPSA) is 92.0 Å². The predicted molar refractivity (Wildman–Crippen MR) is 76.2 cm³/mol. The molecule has 2 aromatic rings. The van der Waals surface area contributed by atoms with Gasteiger partial charge in [-0.05, 0) is 37.1 Å². The molecule has 0 fully saturated rings. The monoisotopic (exact) mass is 312 g/mol. The van der Waals surface area contributed by atoms with E-state index < -0.39 is 12.0 Å². The molecule has 118 valence electrons. The third kappa shape index (κ3) is 4.21. The van der Waals surface area contributed by atoms with Crippen molar-refractivity contribution < 1.29 is 13.2 Å². The molecule has 1 aromatic carbocycles. The Morgan fingerprint density at radius 2 is 1.91 bits per heavy atom. The number of hydrogen-bond acceptors (Lipinski definition) is 3. The van der Waals surface area contributed by atoms with E-state index in [-0.39, 0.29) is 18.3 Å². The third-order valence-electron chi connectivity index (χ3n) is 2.68. The second-order valence-corrected chi connectivity index (χ2v) is 4.81. The van der Waals surface area contributed by atoms with E-state index in [1.165, 1.54) is 0 Å². The summed E-state index contributed by atoms with van der Waals surface area (Å²) < 4.78 is 37.0. The standard InChI is InChI=1S/C13H15F3N6/c1-7-3-8(2)5-9(4-7)19-12(17)18-6-10-20-11(22-21-10)13(14,15)16/h3-5H,6H2,1-2H3,(H3,17,18,19)(H,20,21,22). The molecule has 0 bridgehead atoms. The van der Waals surface area contributed by atoms with Crippen LogP contribution in [0.1, 0.15) is 22.8 Å². The first-order chi connectivity index (χ1) is 10.2. The van der Waals surface area contributed by atoms with E-state index in [2.05, 4.69) is 25.5 Å². The van der Waals surface area contributed by atoms with Crippen LogP contribution in [0, 0.1) is 13.8 Å². The van der Waals surface area contributed by atoms with Gasteiger partial charge in [0.25, 0.3) is 5.82 Å². The number of anilines is 1. The molecule has 2 rings (SSSR count). The molecule has 4 N–H and O–H groups in total. The fourth-order valence-electron chi connectivity index (χ4n) is 1.89. The van der Waals surface area contributed by atoms with Gasteiger partial charge in [-0.3, -0.25) is 5.10 Å². The Labute approximate surface area is 124 Å². The van der Waals surface area contributed by atoms with E-state index in [0.717, 1.165) is 16.8 Å². The van der Waals surface area contributed by atoms with Gasteiger partial charge < -0.3 is 11.1 Å². The minimum absolute atomic E-state index is 0.0162. The Bertz CT molecular complexity index is 669. The van der Waals surface area contributed by atoms with Gasteiger partial charge in [-0.1, -0.05) is 6.07 Å². The van der Waals surface area contributed by atoms with Crippen molar-refractivity contribution in [3.8, 4) is 0 Å². The molecule has 0 atom stereocenters. The van der Waals surface area contributed by atoms with Crippen molar-refractivity contribution in [1.82, 2.24) is 15.2 Å². The summed E-state index contributed by atoms with van der Waals surface area (Å²) in [5.41, 5.74) is 8.57. The fourth-order valence-corrected chi connectivity index (χ4v) is 1.89. The maximum absolute atomic E-state index is 12.3. The summed E-state index contributed by atoms with van der Waals surface area (Å²) in [6.07, 6.45) is -4.58. The number of nitrogens with two attached hydrogens (primary N) is 1. The van der Waals surface area contributed by atoms with Gasteiger partial charge in [0.15, 0.2) is 5.96 Å². The van der Waals surface area contributed by atoms with Gasteiger partial charge in [0, 0.05) is 5.69 Å². The third-order valence-corrected chi connectivity index (χ3v) is 2.68. The quantitative estimate of drug-likeness (QED) is 0.599. The van der Waals surface area contributed by atoms with Crippen LogP contribution in [0.15, 0.2) is 23.2 Å². The zero-order chi connectivity index (χ0) is 16.3. The molecule has 0 spiro atoms. The van der Waals surface area contributed by atoms with Crippen LogP contribution < -0.4 is 11.1 Å². The predicted octanol–water partition coefficient (Wildman–Crippen LogP) is 2.37. The highest BCUT2D eigenvalue weighted by atomic mass is 19.4. The van der Waals surface area contributed by atoms with Gasteiger partial charge in [-0.25, -0.2) is 9.98 Å². The fraction of sp³-hybridized carbons (Fsp3) is 0.308. The maximum atomic E-state index is 12.3. The number of benzene rings is 1. The van der Waals surface area contributed by atoms with Crippen molar-refractivity contribution in [2.24, 2.45) is 10.7 Å². The number of aliphatic imine (C=N–C) groups is 1. The highest BCUT2D eigenvalue weighted by molar-refractivity contribution is 5.92. The van der Waals surface area contributed by atoms with Crippen LogP contribution in [0.2, 0.25) is 0 Å². The highest BCUT2D eigenvalue weighted by Gasteiger charge is 2.35. The Balaban J connectivity index is 2.02. The first kappa shape index (κ1) is 15.8. The van der Waals surface area contributed by atoms with Gasteiger partial charge >= 0.3 is 6.18 Å². The molecule has 0 radical (unpaired) electrons. The second kappa shape index (κ2) is 6.04. The number of alkyl halides is 3. The molecule has 0 aliphatic heterocycles.